The highest BCUT2D eigenvalue weighted by atomic mass is 79.9. The molecule has 2 N–H and O–H groups in total. The van der Waals surface area contributed by atoms with E-state index in [1.165, 1.54) is 0 Å². The topological polar surface area (TPSA) is 58.1 Å². The van der Waals surface area contributed by atoms with Crippen molar-refractivity contribution in [1.29, 1.82) is 0 Å². The van der Waals surface area contributed by atoms with Crippen LogP contribution in [0, 0.1) is 0 Å². The minimum atomic E-state index is 0.171. The molecule has 0 spiro atoms. The fourth-order valence-electron chi connectivity index (χ4n) is 2.95. The number of aromatic amines is 1. The summed E-state index contributed by atoms with van der Waals surface area (Å²) < 4.78 is 6.24. The van der Waals surface area contributed by atoms with Gasteiger partial charge in [-0.15, -0.1) is 0 Å². The van der Waals surface area contributed by atoms with Crippen LogP contribution in [0.5, 0.6) is 11.5 Å². The van der Waals surface area contributed by atoms with Crippen molar-refractivity contribution in [2.24, 2.45) is 0 Å². The van der Waals surface area contributed by atoms with E-state index in [1.807, 2.05) is 30.3 Å². The number of methoxy groups -OCH3 is 1. The maximum atomic E-state index is 9.95. The monoisotopic (exact) mass is 356 g/mol. The Bertz CT molecular complexity index is 869. The number of hydrogen-bond donors (Lipinski definition) is 2. The van der Waals surface area contributed by atoms with Crippen molar-refractivity contribution in [2.45, 2.75) is 6.42 Å². The maximum absolute atomic E-state index is 9.95. The molecule has 110 valence electrons. The molecule has 1 aromatic heterocycles. The van der Waals surface area contributed by atoms with Crippen molar-refractivity contribution in [3.05, 3.63) is 52.0 Å². The number of aromatic nitrogens is 2. The van der Waals surface area contributed by atoms with Crippen LogP contribution in [0.2, 0.25) is 0 Å². The van der Waals surface area contributed by atoms with Gasteiger partial charge < -0.3 is 9.84 Å². The number of halogens is 1. The number of hydrogen-bond acceptors (Lipinski definition) is 3. The SMILES string of the molecule is COc1cc2c(cc1O)Cc1c(-c3ccc(Br)cc3)n[nH]c1-2. The van der Waals surface area contributed by atoms with Gasteiger partial charge in [-0.1, -0.05) is 28.1 Å². The van der Waals surface area contributed by atoms with Gasteiger partial charge in [0.05, 0.1) is 18.5 Å². The van der Waals surface area contributed by atoms with E-state index >= 15 is 0 Å². The average molecular weight is 357 g/mol. The lowest BCUT2D eigenvalue weighted by atomic mass is 10.1. The third-order valence-electron chi connectivity index (χ3n) is 4.03. The van der Waals surface area contributed by atoms with Gasteiger partial charge in [0, 0.05) is 27.6 Å². The number of nitrogens with one attached hydrogen (secondary N) is 1. The molecule has 22 heavy (non-hydrogen) atoms. The number of phenolic OH excluding ortho intramolecular Hbond substituents is 1. The first kappa shape index (κ1) is 13.4. The predicted octanol–water partition coefficient (Wildman–Crippen LogP) is 4.12. The third kappa shape index (κ3) is 1.93. The molecule has 0 unspecified atom stereocenters. The summed E-state index contributed by atoms with van der Waals surface area (Å²) in [5, 5.41) is 17.6. The Labute approximate surface area is 135 Å². The van der Waals surface area contributed by atoms with Crippen molar-refractivity contribution in [2.75, 3.05) is 7.11 Å². The minimum absolute atomic E-state index is 0.171. The summed E-state index contributed by atoms with van der Waals surface area (Å²) in [4.78, 5) is 0. The summed E-state index contributed by atoms with van der Waals surface area (Å²) in [6.45, 7) is 0. The average Bonchev–Trinajstić information content (AvgIpc) is 3.06. The fourth-order valence-corrected chi connectivity index (χ4v) is 3.22. The van der Waals surface area contributed by atoms with Crippen LogP contribution in [-0.2, 0) is 6.42 Å². The molecule has 0 fully saturated rings. The lowest BCUT2D eigenvalue weighted by Crippen LogP contribution is -1.89. The number of H-pyrrole nitrogens is 1. The first-order chi connectivity index (χ1) is 10.7. The second kappa shape index (κ2) is 4.88. The molecular formula is C17H13BrN2O2. The zero-order valence-corrected chi connectivity index (χ0v) is 13.4. The standard InChI is InChI=1S/C17H13BrN2O2/c1-22-15-8-12-10(7-14(15)21)6-13-16(19-20-17(12)13)9-2-4-11(18)5-3-9/h2-5,7-8,21H,6H2,1H3,(H,19,20). The van der Waals surface area contributed by atoms with Crippen molar-refractivity contribution in [3.63, 3.8) is 0 Å². The van der Waals surface area contributed by atoms with Gasteiger partial charge in [-0.2, -0.15) is 5.10 Å². The molecule has 4 nitrogen and oxygen atoms in total. The van der Waals surface area contributed by atoms with Gasteiger partial charge in [0.2, 0.25) is 0 Å². The van der Waals surface area contributed by atoms with E-state index in [9.17, 15) is 5.11 Å². The molecule has 0 saturated heterocycles. The molecule has 4 rings (SSSR count). The minimum Gasteiger partial charge on any atom is -0.504 e. The molecule has 5 heteroatoms. The molecule has 0 atom stereocenters. The molecule has 0 amide bonds. The van der Waals surface area contributed by atoms with Crippen LogP contribution in [-0.4, -0.2) is 22.4 Å². The summed E-state index contributed by atoms with van der Waals surface area (Å²) in [6.07, 6.45) is 0.754. The number of nitrogens with zero attached hydrogens (tertiary/aromatic N) is 1. The van der Waals surface area contributed by atoms with Crippen molar-refractivity contribution >= 4 is 15.9 Å². The second-order valence-corrected chi connectivity index (χ2v) is 6.21. The highest BCUT2D eigenvalue weighted by Gasteiger charge is 2.26. The van der Waals surface area contributed by atoms with Gasteiger partial charge in [0.1, 0.15) is 0 Å². The Morgan fingerprint density at radius 2 is 2.00 bits per heavy atom. The van der Waals surface area contributed by atoms with Crippen LogP contribution < -0.4 is 4.74 Å². The second-order valence-electron chi connectivity index (χ2n) is 5.29. The molecule has 0 aliphatic heterocycles. The van der Waals surface area contributed by atoms with Crippen molar-refractivity contribution in [1.82, 2.24) is 10.2 Å². The molecule has 1 heterocycles. The quantitative estimate of drug-likeness (QED) is 0.567. The summed E-state index contributed by atoms with van der Waals surface area (Å²) in [5.41, 5.74) is 6.32. The zero-order valence-electron chi connectivity index (χ0n) is 11.9. The van der Waals surface area contributed by atoms with Gasteiger partial charge in [-0.3, -0.25) is 5.10 Å². The zero-order chi connectivity index (χ0) is 15.3. The van der Waals surface area contributed by atoms with Gasteiger partial charge in [0.15, 0.2) is 11.5 Å². The summed E-state index contributed by atoms with van der Waals surface area (Å²) in [7, 11) is 1.55. The summed E-state index contributed by atoms with van der Waals surface area (Å²) in [6, 6.07) is 11.7. The molecule has 1 aliphatic carbocycles. The number of rotatable bonds is 2. The van der Waals surface area contributed by atoms with Crippen LogP contribution in [0.15, 0.2) is 40.9 Å². The highest BCUT2D eigenvalue weighted by Crippen LogP contribution is 2.44. The van der Waals surface area contributed by atoms with E-state index in [0.717, 1.165) is 44.5 Å². The number of phenols is 1. The normalized spacial score (nSPS) is 12.1. The Morgan fingerprint density at radius 3 is 2.73 bits per heavy atom. The Kier molecular flexibility index (Phi) is 2.97. The van der Waals surface area contributed by atoms with E-state index in [2.05, 4.69) is 26.1 Å². The molecule has 0 radical (unpaired) electrons. The first-order valence-corrected chi connectivity index (χ1v) is 7.70. The van der Waals surface area contributed by atoms with Crippen LogP contribution >= 0.6 is 15.9 Å². The third-order valence-corrected chi connectivity index (χ3v) is 4.55. The smallest absolute Gasteiger partial charge is 0.161 e. The van der Waals surface area contributed by atoms with Crippen molar-refractivity contribution < 1.29 is 9.84 Å². The molecule has 0 saturated carbocycles. The molecule has 0 bridgehead atoms. The molecule has 3 aromatic rings. The van der Waals surface area contributed by atoms with Crippen LogP contribution in [0.25, 0.3) is 22.5 Å². The predicted molar refractivity (Wildman–Crippen MR) is 88.2 cm³/mol. The summed E-state index contributed by atoms with van der Waals surface area (Å²) in [5.74, 6) is 0.649. The molecule has 2 aromatic carbocycles. The van der Waals surface area contributed by atoms with E-state index in [4.69, 9.17) is 4.74 Å². The highest BCUT2D eigenvalue weighted by molar-refractivity contribution is 9.10. The number of fused-ring (bicyclic) bond motifs is 3. The molecule has 1 aliphatic rings. The van der Waals surface area contributed by atoms with E-state index in [1.54, 1.807) is 13.2 Å². The first-order valence-electron chi connectivity index (χ1n) is 6.91. The van der Waals surface area contributed by atoms with Crippen molar-refractivity contribution in [3.8, 4) is 34.0 Å². The van der Waals surface area contributed by atoms with Gasteiger partial charge in [-0.25, -0.2) is 0 Å². The van der Waals surface area contributed by atoms with Crippen LogP contribution in [0.3, 0.4) is 0 Å². The van der Waals surface area contributed by atoms with Crippen LogP contribution in [0.1, 0.15) is 11.1 Å². The lowest BCUT2D eigenvalue weighted by molar-refractivity contribution is 0.373. The Morgan fingerprint density at radius 1 is 1.23 bits per heavy atom. The largest absolute Gasteiger partial charge is 0.504 e. The van der Waals surface area contributed by atoms with E-state index in [-0.39, 0.29) is 5.75 Å². The van der Waals surface area contributed by atoms with Gasteiger partial charge in [-0.05, 0) is 29.8 Å². The number of aromatic hydroxyl groups is 1. The Hall–Kier alpha value is -2.27. The van der Waals surface area contributed by atoms with Gasteiger partial charge in [0.25, 0.3) is 0 Å². The number of ether oxygens (including phenoxy) is 1. The van der Waals surface area contributed by atoms with Crippen LogP contribution in [0.4, 0.5) is 0 Å². The lowest BCUT2D eigenvalue weighted by Gasteiger charge is -2.06. The van der Waals surface area contributed by atoms with Gasteiger partial charge >= 0.3 is 0 Å². The number of benzene rings is 2. The fraction of sp³-hybridized carbons (Fsp3) is 0.118. The Balaban J connectivity index is 1.84. The molecular weight excluding hydrogens is 344 g/mol. The maximum Gasteiger partial charge on any atom is 0.161 e. The van der Waals surface area contributed by atoms with E-state index in [0.29, 0.717) is 5.75 Å². The summed E-state index contributed by atoms with van der Waals surface area (Å²) >= 11 is 3.45. The van der Waals surface area contributed by atoms with E-state index < -0.39 is 0 Å².